The van der Waals surface area contributed by atoms with Crippen LogP contribution < -0.4 is 10.1 Å². The average molecular weight is 341 g/mol. The molecule has 1 aliphatic rings. The molecule has 0 spiro atoms. The number of nitrogens with zero attached hydrogens (tertiary/aromatic N) is 1. The van der Waals surface area contributed by atoms with Gasteiger partial charge in [0.15, 0.2) is 0 Å². The van der Waals surface area contributed by atoms with Crippen molar-refractivity contribution in [2.24, 2.45) is 0 Å². The standard InChI is InChI=1S/C16H25BrN2O/c1-12(2)19(3)8-4-7-18-11-15-10-13-9-14(17)5-6-16(13)20-15/h5-6,9,12,15,18H,4,7-8,10-11H2,1-3H3. The van der Waals surface area contributed by atoms with Crippen molar-refractivity contribution in [3.05, 3.63) is 28.2 Å². The molecule has 1 N–H and O–H groups in total. The molecule has 1 aromatic rings. The lowest BCUT2D eigenvalue weighted by molar-refractivity contribution is 0.224. The molecule has 112 valence electrons. The highest BCUT2D eigenvalue weighted by atomic mass is 79.9. The van der Waals surface area contributed by atoms with Crippen molar-refractivity contribution >= 4 is 15.9 Å². The number of hydrogen-bond donors (Lipinski definition) is 1. The first-order valence-corrected chi connectivity index (χ1v) is 8.21. The van der Waals surface area contributed by atoms with Crippen molar-refractivity contribution in [2.75, 3.05) is 26.7 Å². The Morgan fingerprint density at radius 2 is 2.25 bits per heavy atom. The minimum Gasteiger partial charge on any atom is -0.488 e. The molecule has 2 rings (SSSR count). The number of fused-ring (bicyclic) bond motifs is 1. The smallest absolute Gasteiger partial charge is 0.123 e. The fourth-order valence-corrected chi connectivity index (χ4v) is 2.79. The van der Waals surface area contributed by atoms with Crippen molar-refractivity contribution in [3.8, 4) is 5.75 Å². The molecule has 4 heteroatoms. The molecule has 0 fully saturated rings. The molecule has 3 nitrogen and oxygen atoms in total. The summed E-state index contributed by atoms with van der Waals surface area (Å²) in [6.45, 7) is 7.59. The number of hydrogen-bond acceptors (Lipinski definition) is 3. The zero-order chi connectivity index (χ0) is 14.5. The maximum atomic E-state index is 5.93. The van der Waals surface area contributed by atoms with E-state index in [1.54, 1.807) is 0 Å². The summed E-state index contributed by atoms with van der Waals surface area (Å²) in [5.41, 5.74) is 1.31. The van der Waals surface area contributed by atoms with Gasteiger partial charge in [-0.1, -0.05) is 15.9 Å². The number of halogens is 1. The van der Waals surface area contributed by atoms with Crippen LogP contribution in [0.1, 0.15) is 25.8 Å². The minimum absolute atomic E-state index is 0.280. The highest BCUT2D eigenvalue weighted by Crippen LogP contribution is 2.30. The second-order valence-corrected chi connectivity index (χ2v) is 6.74. The summed E-state index contributed by atoms with van der Waals surface area (Å²) in [5.74, 6) is 1.04. The molecule has 1 heterocycles. The predicted octanol–water partition coefficient (Wildman–Crippen LogP) is 3.07. The molecule has 0 amide bonds. The van der Waals surface area contributed by atoms with E-state index in [2.05, 4.69) is 59.2 Å². The van der Waals surface area contributed by atoms with Crippen LogP contribution in [0.25, 0.3) is 0 Å². The fourth-order valence-electron chi connectivity index (χ4n) is 2.38. The third-order valence-electron chi connectivity index (χ3n) is 3.88. The van der Waals surface area contributed by atoms with Gasteiger partial charge >= 0.3 is 0 Å². The fraction of sp³-hybridized carbons (Fsp3) is 0.625. The molecule has 1 aliphatic heterocycles. The van der Waals surface area contributed by atoms with Crippen LogP contribution in [0.15, 0.2) is 22.7 Å². The number of nitrogens with one attached hydrogen (secondary N) is 1. The van der Waals surface area contributed by atoms with Crippen LogP contribution in [0.4, 0.5) is 0 Å². The van der Waals surface area contributed by atoms with E-state index in [1.165, 1.54) is 12.0 Å². The average Bonchev–Trinajstić information content (AvgIpc) is 2.79. The summed E-state index contributed by atoms with van der Waals surface area (Å²) in [6, 6.07) is 6.88. The normalized spacial score (nSPS) is 17.6. The van der Waals surface area contributed by atoms with Crippen LogP contribution in [0.5, 0.6) is 5.75 Å². The second-order valence-electron chi connectivity index (χ2n) is 5.83. The first-order valence-electron chi connectivity index (χ1n) is 7.42. The van der Waals surface area contributed by atoms with Crippen molar-refractivity contribution in [1.82, 2.24) is 10.2 Å². The van der Waals surface area contributed by atoms with E-state index in [0.29, 0.717) is 6.04 Å². The largest absolute Gasteiger partial charge is 0.488 e. The molecule has 0 aliphatic carbocycles. The molecule has 1 unspecified atom stereocenters. The summed E-state index contributed by atoms with van der Waals surface area (Å²) in [4.78, 5) is 2.38. The van der Waals surface area contributed by atoms with Crippen LogP contribution in [-0.4, -0.2) is 43.7 Å². The minimum atomic E-state index is 0.280. The van der Waals surface area contributed by atoms with Crippen molar-refractivity contribution in [1.29, 1.82) is 0 Å². The van der Waals surface area contributed by atoms with Gasteiger partial charge in [0.2, 0.25) is 0 Å². The van der Waals surface area contributed by atoms with E-state index in [1.807, 2.05) is 6.07 Å². The Kier molecular flexibility index (Phi) is 5.87. The van der Waals surface area contributed by atoms with Crippen molar-refractivity contribution in [2.45, 2.75) is 38.8 Å². The molecule has 0 bridgehead atoms. The Hall–Kier alpha value is -0.580. The molecule has 20 heavy (non-hydrogen) atoms. The topological polar surface area (TPSA) is 24.5 Å². The third kappa shape index (κ3) is 4.47. The van der Waals surface area contributed by atoms with E-state index in [4.69, 9.17) is 4.74 Å². The van der Waals surface area contributed by atoms with E-state index in [9.17, 15) is 0 Å². The van der Waals surface area contributed by atoms with Crippen LogP contribution >= 0.6 is 15.9 Å². The maximum absolute atomic E-state index is 5.93. The van der Waals surface area contributed by atoms with Gasteiger partial charge in [0.25, 0.3) is 0 Å². The van der Waals surface area contributed by atoms with E-state index in [-0.39, 0.29) is 6.10 Å². The molecular weight excluding hydrogens is 316 g/mol. The first kappa shape index (κ1) is 15.8. The van der Waals surface area contributed by atoms with E-state index < -0.39 is 0 Å². The van der Waals surface area contributed by atoms with Crippen molar-refractivity contribution < 1.29 is 4.74 Å². The van der Waals surface area contributed by atoms with E-state index in [0.717, 1.165) is 36.3 Å². The van der Waals surface area contributed by atoms with Gasteiger partial charge in [0, 0.05) is 23.5 Å². The third-order valence-corrected chi connectivity index (χ3v) is 4.37. The van der Waals surface area contributed by atoms with Crippen LogP contribution in [0.2, 0.25) is 0 Å². The lowest BCUT2D eigenvalue weighted by Gasteiger charge is -2.21. The molecule has 0 saturated heterocycles. The highest BCUT2D eigenvalue weighted by Gasteiger charge is 2.22. The lowest BCUT2D eigenvalue weighted by atomic mass is 10.1. The molecule has 1 atom stereocenters. The number of benzene rings is 1. The summed E-state index contributed by atoms with van der Waals surface area (Å²) < 4.78 is 7.06. The molecule has 1 aromatic carbocycles. The lowest BCUT2D eigenvalue weighted by Crippen LogP contribution is -2.33. The summed E-state index contributed by atoms with van der Waals surface area (Å²) in [6.07, 6.45) is 2.47. The van der Waals surface area contributed by atoms with Crippen LogP contribution in [-0.2, 0) is 6.42 Å². The van der Waals surface area contributed by atoms with Gasteiger partial charge in [-0.3, -0.25) is 0 Å². The van der Waals surface area contributed by atoms with Gasteiger partial charge in [0.05, 0.1) is 0 Å². The summed E-state index contributed by atoms with van der Waals surface area (Å²) >= 11 is 3.51. The van der Waals surface area contributed by atoms with Crippen LogP contribution in [0, 0.1) is 0 Å². The first-order chi connectivity index (χ1) is 9.56. The zero-order valence-corrected chi connectivity index (χ0v) is 14.2. The molecule has 0 radical (unpaired) electrons. The second kappa shape index (κ2) is 7.43. The van der Waals surface area contributed by atoms with Gasteiger partial charge in [0.1, 0.15) is 11.9 Å². The Morgan fingerprint density at radius 1 is 1.45 bits per heavy atom. The van der Waals surface area contributed by atoms with Gasteiger partial charge < -0.3 is 15.0 Å². The summed E-state index contributed by atoms with van der Waals surface area (Å²) in [5, 5.41) is 3.51. The summed E-state index contributed by atoms with van der Waals surface area (Å²) in [7, 11) is 2.18. The SMILES string of the molecule is CC(C)N(C)CCCNCC1Cc2cc(Br)ccc2O1. The Bertz CT molecular complexity index is 436. The van der Waals surface area contributed by atoms with Gasteiger partial charge in [-0.2, -0.15) is 0 Å². The molecular formula is C16H25BrN2O. The van der Waals surface area contributed by atoms with Gasteiger partial charge in [-0.05, 0) is 64.2 Å². The van der Waals surface area contributed by atoms with Gasteiger partial charge in [-0.25, -0.2) is 0 Å². The molecule has 0 aromatic heterocycles. The Morgan fingerprint density at radius 3 is 3.00 bits per heavy atom. The number of ether oxygens (including phenoxy) is 1. The monoisotopic (exact) mass is 340 g/mol. The van der Waals surface area contributed by atoms with E-state index >= 15 is 0 Å². The molecule has 0 saturated carbocycles. The van der Waals surface area contributed by atoms with Gasteiger partial charge in [-0.15, -0.1) is 0 Å². The highest BCUT2D eigenvalue weighted by molar-refractivity contribution is 9.10. The van der Waals surface area contributed by atoms with Crippen molar-refractivity contribution in [3.63, 3.8) is 0 Å². The Balaban J connectivity index is 1.63. The quantitative estimate of drug-likeness (QED) is 0.772. The number of rotatable bonds is 7. The predicted molar refractivity (Wildman–Crippen MR) is 87.5 cm³/mol. The Labute approximate surface area is 130 Å². The van der Waals surface area contributed by atoms with Crippen LogP contribution in [0.3, 0.4) is 0 Å². The maximum Gasteiger partial charge on any atom is 0.123 e. The zero-order valence-electron chi connectivity index (χ0n) is 12.7.